The van der Waals surface area contributed by atoms with E-state index in [1.54, 1.807) is 17.4 Å². The summed E-state index contributed by atoms with van der Waals surface area (Å²) in [5.41, 5.74) is 0.959. The van der Waals surface area contributed by atoms with Gasteiger partial charge in [-0.05, 0) is 39.8 Å². The van der Waals surface area contributed by atoms with Crippen molar-refractivity contribution in [2.45, 2.75) is 44.6 Å². The maximum absolute atomic E-state index is 11.1. The SMILES string of the molecule is CC[n+]1c(C(C)(C)C)sc2cc(S(=O)(=O)[O-])ccc21. The Kier molecular flexibility index (Phi) is 3.45. The van der Waals surface area contributed by atoms with E-state index >= 15 is 0 Å². The van der Waals surface area contributed by atoms with Crippen LogP contribution >= 0.6 is 11.3 Å². The molecule has 0 saturated carbocycles. The topological polar surface area (TPSA) is 61.1 Å². The highest BCUT2D eigenvalue weighted by Gasteiger charge is 2.30. The summed E-state index contributed by atoms with van der Waals surface area (Å²) >= 11 is 1.55. The average Bonchev–Trinajstić information content (AvgIpc) is 2.64. The van der Waals surface area contributed by atoms with Crippen LogP contribution in [0.2, 0.25) is 0 Å². The molecule has 0 N–H and O–H groups in total. The molecule has 0 unspecified atom stereocenters. The van der Waals surface area contributed by atoms with Gasteiger partial charge in [0, 0.05) is 6.07 Å². The summed E-state index contributed by atoms with van der Waals surface area (Å²) in [6.07, 6.45) is 0. The molecule has 6 heteroatoms. The number of hydrogen-bond acceptors (Lipinski definition) is 4. The van der Waals surface area contributed by atoms with Gasteiger partial charge in [-0.15, -0.1) is 0 Å². The van der Waals surface area contributed by atoms with E-state index in [0.29, 0.717) is 0 Å². The van der Waals surface area contributed by atoms with Gasteiger partial charge in [-0.25, -0.2) is 8.42 Å². The molecule has 0 bridgehead atoms. The minimum absolute atomic E-state index is 0.0177. The summed E-state index contributed by atoms with van der Waals surface area (Å²) in [7, 11) is -4.39. The van der Waals surface area contributed by atoms with Gasteiger partial charge in [-0.1, -0.05) is 11.3 Å². The first-order valence-electron chi connectivity index (χ1n) is 6.07. The van der Waals surface area contributed by atoms with Gasteiger partial charge < -0.3 is 4.55 Å². The van der Waals surface area contributed by atoms with Crippen molar-refractivity contribution < 1.29 is 17.5 Å². The van der Waals surface area contributed by atoms with Crippen LogP contribution in [0, 0.1) is 0 Å². The van der Waals surface area contributed by atoms with Gasteiger partial charge in [-0.3, -0.25) is 0 Å². The van der Waals surface area contributed by atoms with Gasteiger partial charge >= 0.3 is 0 Å². The molecule has 2 rings (SSSR count). The van der Waals surface area contributed by atoms with Crippen LogP contribution in [0.5, 0.6) is 0 Å². The van der Waals surface area contributed by atoms with E-state index in [4.69, 9.17) is 0 Å². The molecule has 0 aliphatic carbocycles. The number of nitrogens with zero attached hydrogens (tertiary/aromatic N) is 1. The van der Waals surface area contributed by atoms with Crippen LogP contribution in [0.4, 0.5) is 0 Å². The number of rotatable bonds is 2. The molecule has 0 aliphatic heterocycles. The minimum atomic E-state index is -4.39. The lowest BCUT2D eigenvalue weighted by molar-refractivity contribution is -0.673. The van der Waals surface area contributed by atoms with Crippen molar-refractivity contribution in [2.75, 3.05) is 0 Å². The molecule has 0 spiro atoms. The van der Waals surface area contributed by atoms with Crippen LogP contribution in [0.15, 0.2) is 23.1 Å². The lowest BCUT2D eigenvalue weighted by Gasteiger charge is -2.12. The summed E-state index contributed by atoms with van der Waals surface area (Å²) in [6, 6.07) is 4.58. The van der Waals surface area contributed by atoms with E-state index in [-0.39, 0.29) is 10.3 Å². The number of benzene rings is 1. The number of fused-ring (bicyclic) bond motifs is 1. The Morgan fingerprint density at radius 2 is 1.95 bits per heavy atom. The Bertz CT molecular complexity index is 724. The molecule has 104 valence electrons. The second-order valence-electron chi connectivity index (χ2n) is 5.49. The van der Waals surface area contributed by atoms with Crippen molar-refractivity contribution in [3.63, 3.8) is 0 Å². The summed E-state index contributed by atoms with van der Waals surface area (Å²) in [5, 5.41) is 1.17. The van der Waals surface area contributed by atoms with Crippen molar-refractivity contribution in [1.82, 2.24) is 0 Å². The van der Waals surface area contributed by atoms with Crippen molar-refractivity contribution in [3.8, 4) is 0 Å². The fraction of sp³-hybridized carbons (Fsp3) is 0.462. The van der Waals surface area contributed by atoms with Gasteiger partial charge in [0.25, 0.3) is 0 Å². The summed E-state index contributed by atoms with van der Waals surface area (Å²) < 4.78 is 36.2. The highest BCUT2D eigenvalue weighted by molar-refractivity contribution is 7.85. The molecule has 0 radical (unpaired) electrons. The Labute approximate surface area is 117 Å². The molecule has 1 aromatic carbocycles. The van der Waals surface area contributed by atoms with Crippen molar-refractivity contribution >= 4 is 31.7 Å². The van der Waals surface area contributed by atoms with Crippen LogP contribution in [0.1, 0.15) is 32.7 Å². The molecule has 0 amide bonds. The Hall–Kier alpha value is -0.980. The van der Waals surface area contributed by atoms with E-state index in [0.717, 1.165) is 16.8 Å². The van der Waals surface area contributed by atoms with Gasteiger partial charge in [0.05, 0.1) is 10.3 Å². The van der Waals surface area contributed by atoms with E-state index in [9.17, 15) is 13.0 Å². The monoisotopic (exact) mass is 299 g/mol. The molecular weight excluding hydrogens is 282 g/mol. The van der Waals surface area contributed by atoms with Crippen LogP contribution < -0.4 is 4.57 Å². The lowest BCUT2D eigenvalue weighted by Crippen LogP contribution is -2.39. The molecular formula is C13H17NO3S2. The van der Waals surface area contributed by atoms with Crippen molar-refractivity contribution in [2.24, 2.45) is 0 Å². The molecule has 1 heterocycles. The van der Waals surface area contributed by atoms with Crippen LogP contribution in [0.25, 0.3) is 10.2 Å². The van der Waals surface area contributed by atoms with Crippen LogP contribution in [-0.4, -0.2) is 13.0 Å². The lowest BCUT2D eigenvalue weighted by atomic mass is 9.98. The molecule has 4 nitrogen and oxygen atoms in total. The maximum Gasteiger partial charge on any atom is 0.243 e. The van der Waals surface area contributed by atoms with Gasteiger partial charge in [0.2, 0.25) is 10.5 Å². The summed E-state index contributed by atoms with van der Waals surface area (Å²) in [5.74, 6) is 0. The zero-order chi connectivity index (χ0) is 14.4. The van der Waals surface area contributed by atoms with Crippen molar-refractivity contribution in [3.05, 3.63) is 23.2 Å². The highest BCUT2D eigenvalue weighted by Crippen LogP contribution is 2.31. The fourth-order valence-electron chi connectivity index (χ4n) is 2.10. The molecule has 2 aromatic rings. The molecule has 0 saturated heterocycles. The number of aryl methyl sites for hydroxylation is 1. The van der Waals surface area contributed by atoms with Crippen LogP contribution in [-0.2, 0) is 22.1 Å². The largest absolute Gasteiger partial charge is 0.744 e. The Morgan fingerprint density at radius 3 is 2.42 bits per heavy atom. The Balaban J connectivity index is 2.77. The van der Waals surface area contributed by atoms with Gasteiger partial charge in [-0.2, -0.15) is 4.57 Å². The number of hydrogen-bond donors (Lipinski definition) is 0. The van der Waals surface area contributed by atoms with E-state index in [2.05, 4.69) is 32.3 Å². The molecule has 0 atom stereocenters. The predicted molar refractivity (Wildman–Crippen MR) is 74.4 cm³/mol. The molecule has 19 heavy (non-hydrogen) atoms. The minimum Gasteiger partial charge on any atom is -0.744 e. The van der Waals surface area contributed by atoms with E-state index in [1.165, 1.54) is 17.1 Å². The quantitative estimate of drug-likeness (QED) is 0.632. The Morgan fingerprint density at radius 1 is 1.32 bits per heavy atom. The molecule has 0 aliphatic rings. The highest BCUT2D eigenvalue weighted by atomic mass is 32.2. The third kappa shape index (κ3) is 2.66. The number of aromatic nitrogens is 1. The van der Waals surface area contributed by atoms with E-state index in [1.807, 2.05) is 0 Å². The first-order chi connectivity index (χ1) is 8.64. The first kappa shape index (κ1) is 14.4. The predicted octanol–water partition coefficient (Wildman–Crippen LogP) is 2.41. The summed E-state index contributed by atoms with van der Waals surface area (Å²) in [4.78, 5) is -0.162. The van der Waals surface area contributed by atoms with E-state index < -0.39 is 10.1 Å². The van der Waals surface area contributed by atoms with Gasteiger partial charge in [0.1, 0.15) is 21.4 Å². The number of thiazole rings is 1. The second-order valence-corrected chi connectivity index (χ2v) is 7.90. The smallest absolute Gasteiger partial charge is 0.243 e. The third-order valence-corrected chi connectivity index (χ3v) is 5.32. The maximum atomic E-state index is 11.1. The average molecular weight is 299 g/mol. The zero-order valence-electron chi connectivity index (χ0n) is 11.4. The standard InChI is InChI=1S/C13H17NO3S2/c1-5-14-10-7-6-9(19(15,16)17)8-11(10)18-12(14)13(2,3)4/h6-8H,5H2,1-4H3. The van der Waals surface area contributed by atoms with Crippen molar-refractivity contribution in [1.29, 1.82) is 0 Å². The van der Waals surface area contributed by atoms with Gasteiger partial charge in [0.15, 0.2) is 0 Å². The molecule has 0 fully saturated rings. The first-order valence-corrected chi connectivity index (χ1v) is 8.30. The second kappa shape index (κ2) is 4.54. The molecule has 1 aromatic heterocycles. The van der Waals surface area contributed by atoms with Crippen LogP contribution in [0.3, 0.4) is 0 Å². The third-order valence-electron chi connectivity index (χ3n) is 2.92. The normalized spacial score (nSPS) is 13.1. The fourth-order valence-corrected chi connectivity index (χ4v) is 3.99. The zero-order valence-corrected chi connectivity index (χ0v) is 13.1. The summed E-state index contributed by atoms with van der Waals surface area (Å²) in [6.45, 7) is 9.23.